The van der Waals surface area contributed by atoms with Gasteiger partial charge in [-0.25, -0.2) is 4.98 Å². The Morgan fingerprint density at radius 1 is 1.50 bits per heavy atom. The van der Waals surface area contributed by atoms with Gasteiger partial charge < -0.3 is 4.74 Å². The van der Waals surface area contributed by atoms with E-state index in [0.29, 0.717) is 5.75 Å². The molecule has 1 rings (SSSR count). The number of hydrogen-bond donors (Lipinski definition) is 0. The lowest BCUT2D eigenvalue weighted by molar-refractivity contribution is -0.116. The van der Waals surface area contributed by atoms with Gasteiger partial charge in [0, 0.05) is 12.1 Å². The number of carbonyl (C=O) groups is 1. The number of aromatic nitrogens is 1. The molecule has 0 spiro atoms. The Morgan fingerprint density at radius 2 is 2.06 bits per heavy atom. The highest BCUT2D eigenvalue weighted by Crippen LogP contribution is 2.22. The van der Waals surface area contributed by atoms with Crippen molar-refractivity contribution in [1.29, 1.82) is 0 Å². The van der Waals surface area contributed by atoms with Crippen molar-refractivity contribution in [2.75, 3.05) is 5.75 Å². The maximum atomic E-state index is 11.5. The Bertz CT molecular complexity index is 367. The highest BCUT2D eigenvalue weighted by molar-refractivity contribution is 8.13. The Labute approximate surface area is 108 Å². The van der Waals surface area contributed by atoms with E-state index in [0.717, 1.165) is 5.75 Å². The highest BCUT2D eigenvalue weighted by atomic mass is 35.5. The van der Waals surface area contributed by atoms with Crippen LogP contribution in [0.4, 0.5) is 0 Å². The number of rotatable bonds is 4. The van der Waals surface area contributed by atoms with Gasteiger partial charge in [-0.2, -0.15) is 0 Å². The summed E-state index contributed by atoms with van der Waals surface area (Å²) >= 11 is 12.6. The maximum Gasteiger partial charge on any atom is 0.229 e. The molecule has 1 unspecified atom stereocenters. The van der Waals surface area contributed by atoms with Crippen molar-refractivity contribution in [3.05, 3.63) is 22.4 Å². The smallest absolute Gasteiger partial charge is 0.229 e. The predicted molar refractivity (Wildman–Crippen MR) is 67.5 cm³/mol. The summed E-state index contributed by atoms with van der Waals surface area (Å²) in [5.74, 6) is 1.17. The molecule has 0 N–H and O–H groups in total. The van der Waals surface area contributed by atoms with E-state index in [-0.39, 0.29) is 15.4 Å². The summed E-state index contributed by atoms with van der Waals surface area (Å²) in [6.45, 7) is 3.60. The molecule has 0 radical (unpaired) electrons. The van der Waals surface area contributed by atoms with E-state index in [1.807, 2.05) is 6.92 Å². The first-order chi connectivity index (χ1) is 7.52. The van der Waals surface area contributed by atoms with Crippen LogP contribution >= 0.6 is 35.0 Å². The molecule has 6 heteroatoms. The van der Waals surface area contributed by atoms with E-state index in [1.165, 1.54) is 23.9 Å². The molecule has 0 fully saturated rings. The van der Waals surface area contributed by atoms with Crippen LogP contribution in [0.2, 0.25) is 10.3 Å². The summed E-state index contributed by atoms with van der Waals surface area (Å²) in [4.78, 5) is 15.3. The van der Waals surface area contributed by atoms with Crippen molar-refractivity contribution in [3.8, 4) is 5.75 Å². The zero-order chi connectivity index (χ0) is 12.1. The second kappa shape index (κ2) is 6.33. The summed E-state index contributed by atoms with van der Waals surface area (Å²) in [6, 6.07) is 3.04. The third kappa shape index (κ3) is 4.20. The third-order valence-electron chi connectivity index (χ3n) is 1.67. The van der Waals surface area contributed by atoms with Gasteiger partial charge in [-0.15, -0.1) is 0 Å². The SMILES string of the molecule is CCSC(=O)C(C)Oc1cc(Cl)nc(Cl)c1. The average Bonchev–Trinajstić information content (AvgIpc) is 2.16. The van der Waals surface area contributed by atoms with Gasteiger partial charge in [-0.3, -0.25) is 4.79 Å². The molecule has 1 aromatic heterocycles. The summed E-state index contributed by atoms with van der Waals surface area (Å²) in [7, 11) is 0. The van der Waals surface area contributed by atoms with Crippen molar-refractivity contribution in [3.63, 3.8) is 0 Å². The number of ether oxygens (including phenoxy) is 1. The Morgan fingerprint density at radius 3 is 2.56 bits per heavy atom. The van der Waals surface area contributed by atoms with E-state index in [9.17, 15) is 4.79 Å². The van der Waals surface area contributed by atoms with Crippen LogP contribution in [0.25, 0.3) is 0 Å². The van der Waals surface area contributed by atoms with Crippen LogP contribution in [-0.4, -0.2) is 22.0 Å². The first-order valence-corrected chi connectivity index (χ1v) is 6.43. The van der Waals surface area contributed by atoms with Gasteiger partial charge in [-0.05, 0) is 12.7 Å². The van der Waals surface area contributed by atoms with Gasteiger partial charge in [0.15, 0.2) is 6.10 Å². The minimum absolute atomic E-state index is 0.0217. The summed E-state index contributed by atoms with van der Waals surface area (Å²) in [5.41, 5.74) is 0. The number of nitrogens with zero attached hydrogens (tertiary/aromatic N) is 1. The fourth-order valence-electron chi connectivity index (χ4n) is 1.02. The molecule has 0 aromatic carbocycles. The molecule has 0 saturated heterocycles. The molecule has 1 aromatic rings. The monoisotopic (exact) mass is 279 g/mol. The van der Waals surface area contributed by atoms with Crippen molar-refractivity contribution in [2.24, 2.45) is 0 Å². The van der Waals surface area contributed by atoms with Crippen LogP contribution in [0.5, 0.6) is 5.75 Å². The number of pyridine rings is 1. The van der Waals surface area contributed by atoms with Crippen LogP contribution in [-0.2, 0) is 4.79 Å². The maximum absolute atomic E-state index is 11.5. The zero-order valence-corrected chi connectivity index (χ0v) is 11.2. The van der Waals surface area contributed by atoms with Crippen molar-refractivity contribution < 1.29 is 9.53 Å². The third-order valence-corrected chi connectivity index (χ3v) is 2.96. The fourth-order valence-corrected chi connectivity index (χ4v) is 2.03. The first kappa shape index (κ1) is 13.6. The van der Waals surface area contributed by atoms with Gasteiger partial charge in [-0.1, -0.05) is 41.9 Å². The van der Waals surface area contributed by atoms with Crippen LogP contribution < -0.4 is 4.74 Å². The average molecular weight is 280 g/mol. The summed E-state index contributed by atoms with van der Waals surface area (Å²) in [6.07, 6.45) is -0.528. The quantitative estimate of drug-likeness (QED) is 0.792. The number of halogens is 2. The summed E-state index contributed by atoms with van der Waals surface area (Å²) in [5, 5.41) is 0.460. The number of thioether (sulfide) groups is 1. The molecule has 0 aliphatic carbocycles. The number of hydrogen-bond acceptors (Lipinski definition) is 4. The Balaban J connectivity index is 2.69. The molecule has 0 amide bonds. The van der Waals surface area contributed by atoms with Crippen molar-refractivity contribution in [2.45, 2.75) is 20.0 Å². The molecule has 1 heterocycles. The van der Waals surface area contributed by atoms with Crippen LogP contribution in [0.15, 0.2) is 12.1 Å². The normalized spacial score (nSPS) is 12.2. The Kier molecular flexibility index (Phi) is 5.38. The van der Waals surface area contributed by atoms with Crippen LogP contribution in [0, 0.1) is 0 Å². The molecule has 0 saturated carbocycles. The predicted octanol–water partition coefficient (Wildman–Crippen LogP) is 3.44. The van der Waals surface area contributed by atoms with E-state index in [4.69, 9.17) is 27.9 Å². The molecule has 0 aliphatic heterocycles. The van der Waals surface area contributed by atoms with Crippen LogP contribution in [0.1, 0.15) is 13.8 Å². The lowest BCUT2D eigenvalue weighted by Gasteiger charge is -2.12. The lowest BCUT2D eigenvalue weighted by Crippen LogP contribution is -2.21. The van der Waals surface area contributed by atoms with Crippen molar-refractivity contribution >= 4 is 40.1 Å². The van der Waals surface area contributed by atoms with Gasteiger partial charge in [0.2, 0.25) is 5.12 Å². The van der Waals surface area contributed by atoms with Gasteiger partial charge in [0.25, 0.3) is 0 Å². The molecule has 0 aliphatic rings. The molecule has 88 valence electrons. The molecule has 0 bridgehead atoms. The summed E-state index contributed by atoms with van der Waals surface area (Å²) < 4.78 is 5.41. The molecular formula is C10H11Cl2NO2S. The Hall–Kier alpha value is -0.450. The second-order valence-corrected chi connectivity index (χ2v) is 5.00. The zero-order valence-electron chi connectivity index (χ0n) is 8.87. The minimum Gasteiger partial charge on any atom is -0.482 e. The second-order valence-electron chi connectivity index (χ2n) is 2.96. The van der Waals surface area contributed by atoms with E-state index in [2.05, 4.69) is 4.98 Å². The molecule has 1 atom stereocenters. The standard InChI is InChI=1S/C10H11Cl2NO2S/c1-3-16-10(14)6(2)15-7-4-8(11)13-9(12)5-7/h4-6H,3H2,1-2H3. The van der Waals surface area contributed by atoms with E-state index >= 15 is 0 Å². The molecule has 3 nitrogen and oxygen atoms in total. The number of carbonyl (C=O) groups excluding carboxylic acids is 1. The topological polar surface area (TPSA) is 39.2 Å². The minimum atomic E-state index is -0.528. The van der Waals surface area contributed by atoms with Crippen LogP contribution in [0.3, 0.4) is 0 Å². The van der Waals surface area contributed by atoms with Gasteiger partial charge in [0.1, 0.15) is 16.1 Å². The first-order valence-electron chi connectivity index (χ1n) is 4.69. The molecule has 16 heavy (non-hydrogen) atoms. The van der Waals surface area contributed by atoms with E-state index < -0.39 is 6.10 Å². The fraction of sp³-hybridized carbons (Fsp3) is 0.400. The largest absolute Gasteiger partial charge is 0.482 e. The van der Waals surface area contributed by atoms with Crippen molar-refractivity contribution in [1.82, 2.24) is 4.98 Å². The highest BCUT2D eigenvalue weighted by Gasteiger charge is 2.15. The molecular weight excluding hydrogens is 269 g/mol. The van der Waals surface area contributed by atoms with E-state index in [1.54, 1.807) is 6.92 Å². The van der Waals surface area contributed by atoms with Gasteiger partial charge in [0.05, 0.1) is 0 Å². The lowest BCUT2D eigenvalue weighted by atomic mass is 10.4. The van der Waals surface area contributed by atoms with Gasteiger partial charge >= 0.3 is 0 Å².